The number of halogens is 3. The van der Waals surface area contributed by atoms with Crippen molar-refractivity contribution in [2.75, 3.05) is 13.7 Å². The normalized spacial score (nSPS) is 11.5. The first-order chi connectivity index (χ1) is 10.4. The summed E-state index contributed by atoms with van der Waals surface area (Å²) in [6.07, 6.45) is -3.72. The number of esters is 1. The average molecular weight is 314 g/mol. The summed E-state index contributed by atoms with van der Waals surface area (Å²) in [4.78, 5) is 14.9. The Bertz CT molecular complexity index is 663. The zero-order valence-corrected chi connectivity index (χ0v) is 11.6. The van der Waals surface area contributed by atoms with Crippen LogP contribution in [0.15, 0.2) is 30.5 Å². The summed E-state index contributed by atoms with van der Waals surface area (Å²) >= 11 is 0. The second-order valence-electron chi connectivity index (χ2n) is 4.43. The minimum atomic E-state index is -4.57. The minimum Gasteiger partial charge on any atom is -0.465 e. The van der Waals surface area contributed by atoms with Crippen molar-refractivity contribution >= 4 is 5.97 Å². The highest BCUT2D eigenvalue weighted by Gasteiger charge is 2.34. The molecule has 0 aliphatic carbocycles. The first-order valence-electron chi connectivity index (χ1n) is 6.30. The topological polar surface area (TPSA) is 64.3 Å². The minimum absolute atomic E-state index is 0.0167. The molecule has 0 saturated heterocycles. The van der Waals surface area contributed by atoms with Crippen LogP contribution in [-0.2, 0) is 17.5 Å². The third kappa shape index (κ3) is 3.28. The van der Waals surface area contributed by atoms with E-state index in [9.17, 15) is 18.0 Å². The lowest BCUT2D eigenvalue weighted by Crippen LogP contribution is -2.05. The first kappa shape index (κ1) is 16.0. The fourth-order valence-corrected chi connectivity index (χ4v) is 1.93. The largest absolute Gasteiger partial charge is 0.465 e. The van der Waals surface area contributed by atoms with Crippen LogP contribution >= 0.6 is 0 Å². The number of carbonyl (C=O) groups is 1. The molecule has 0 amide bonds. The number of methoxy groups -OCH3 is 1. The van der Waals surface area contributed by atoms with Gasteiger partial charge in [0.15, 0.2) is 5.69 Å². The van der Waals surface area contributed by atoms with Crippen LogP contribution in [0.25, 0.3) is 11.4 Å². The number of alkyl halides is 3. The molecule has 0 fully saturated rings. The summed E-state index contributed by atoms with van der Waals surface area (Å²) in [5.41, 5.74) is -0.354. The molecular formula is C14H13F3N2O3. The molecule has 5 nitrogen and oxygen atoms in total. The fourth-order valence-electron chi connectivity index (χ4n) is 1.93. The number of carbonyl (C=O) groups excluding carboxylic acids is 1. The van der Waals surface area contributed by atoms with Gasteiger partial charge in [0.1, 0.15) is 5.82 Å². The number of aliphatic hydroxyl groups excluding tert-OH is 1. The molecule has 118 valence electrons. The van der Waals surface area contributed by atoms with Gasteiger partial charge in [-0.3, -0.25) is 0 Å². The van der Waals surface area contributed by atoms with Crippen molar-refractivity contribution < 1.29 is 27.8 Å². The number of ether oxygens (including phenoxy) is 1. The van der Waals surface area contributed by atoms with Crippen LogP contribution in [0.3, 0.4) is 0 Å². The van der Waals surface area contributed by atoms with Gasteiger partial charge in [0.2, 0.25) is 0 Å². The second-order valence-corrected chi connectivity index (χ2v) is 4.43. The third-order valence-electron chi connectivity index (χ3n) is 2.97. The van der Waals surface area contributed by atoms with Crippen LogP contribution in [0.1, 0.15) is 16.1 Å². The van der Waals surface area contributed by atoms with Gasteiger partial charge in [-0.15, -0.1) is 0 Å². The highest BCUT2D eigenvalue weighted by molar-refractivity contribution is 5.89. The molecule has 22 heavy (non-hydrogen) atoms. The molecule has 0 atom stereocenters. The quantitative estimate of drug-likeness (QED) is 0.880. The fraction of sp³-hybridized carbons (Fsp3) is 0.286. The van der Waals surface area contributed by atoms with E-state index < -0.39 is 17.8 Å². The Balaban J connectivity index is 2.42. The highest BCUT2D eigenvalue weighted by Crippen LogP contribution is 2.31. The molecule has 0 spiro atoms. The maximum atomic E-state index is 12.8. The van der Waals surface area contributed by atoms with Crippen LogP contribution in [0.5, 0.6) is 0 Å². The Labute approximate surface area is 124 Å². The van der Waals surface area contributed by atoms with E-state index in [4.69, 9.17) is 5.11 Å². The standard InChI is InChI=1S/C14H13F3N2O3/c1-22-13(21)10-4-2-9(3-5-10)12-18-11(14(15,16)17)8-19(12)6-7-20/h2-5,8,20H,6-7H2,1H3. The lowest BCUT2D eigenvalue weighted by molar-refractivity contribution is -0.140. The zero-order valence-electron chi connectivity index (χ0n) is 11.6. The van der Waals surface area contributed by atoms with E-state index in [1.807, 2.05) is 0 Å². The number of imidazole rings is 1. The van der Waals surface area contributed by atoms with Crippen LogP contribution in [-0.4, -0.2) is 34.3 Å². The summed E-state index contributed by atoms with van der Waals surface area (Å²) in [6, 6.07) is 5.82. The molecule has 0 radical (unpaired) electrons. The SMILES string of the molecule is COC(=O)c1ccc(-c2nc(C(F)(F)F)cn2CCO)cc1. The second kappa shape index (κ2) is 6.18. The predicted octanol–water partition coefficient (Wildman–Crippen LogP) is 2.35. The van der Waals surface area contributed by atoms with E-state index >= 15 is 0 Å². The summed E-state index contributed by atoms with van der Waals surface area (Å²) < 4.78 is 44.0. The van der Waals surface area contributed by atoms with Gasteiger partial charge in [-0.25, -0.2) is 9.78 Å². The first-order valence-corrected chi connectivity index (χ1v) is 6.30. The zero-order chi connectivity index (χ0) is 16.3. The monoisotopic (exact) mass is 314 g/mol. The number of aliphatic hydroxyl groups is 1. The van der Waals surface area contributed by atoms with Gasteiger partial charge in [-0.05, 0) is 12.1 Å². The molecule has 2 aromatic rings. The summed E-state index contributed by atoms with van der Waals surface area (Å²) in [5, 5.41) is 8.96. The number of benzene rings is 1. The predicted molar refractivity (Wildman–Crippen MR) is 71.1 cm³/mol. The maximum absolute atomic E-state index is 12.8. The molecule has 1 aromatic carbocycles. The van der Waals surface area contributed by atoms with E-state index in [1.54, 1.807) is 0 Å². The van der Waals surface area contributed by atoms with Crippen molar-refractivity contribution in [1.29, 1.82) is 0 Å². The van der Waals surface area contributed by atoms with Gasteiger partial charge < -0.3 is 14.4 Å². The number of aromatic nitrogens is 2. The Morgan fingerprint density at radius 1 is 1.32 bits per heavy atom. The smallest absolute Gasteiger partial charge is 0.434 e. The van der Waals surface area contributed by atoms with Crippen LogP contribution < -0.4 is 0 Å². The van der Waals surface area contributed by atoms with Gasteiger partial charge in [-0.2, -0.15) is 13.2 Å². The molecule has 1 aromatic heterocycles. The van der Waals surface area contributed by atoms with Crippen molar-refractivity contribution in [3.05, 3.63) is 41.7 Å². The number of hydrogen-bond acceptors (Lipinski definition) is 4. The molecule has 0 unspecified atom stereocenters. The Morgan fingerprint density at radius 3 is 2.45 bits per heavy atom. The average Bonchev–Trinajstić information content (AvgIpc) is 2.91. The highest BCUT2D eigenvalue weighted by atomic mass is 19.4. The third-order valence-corrected chi connectivity index (χ3v) is 2.97. The van der Waals surface area contributed by atoms with Crippen molar-refractivity contribution in [2.24, 2.45) is 0 Å². The van der Waals surface area contributed by atoms with Gasteiger partial charge in [-0.1, -0.05) is 12.1 Å². The molecule has 0 aliphatic heterocycles. The van der Waals surface area contributed by atoms with Gasteiger partial charge in [0.05, 0.1) is 19.3 Å². The van der Waals surface area contributed by atoms with E-state index in [0.717, 1.165) is 6.20 Å². The van der Waals surface area contributed by atoms with Crippen LogP contribution in [0.2, 0.25) is 0 Å². The van der Waals surface area contributed by atoms with Crippen LogP contribution in [0.4, 0.5) is 13.2 Å². The maximum Gasteiger partial charge on any atom is 0.434 e. The van der Waals surface area contributed by atoms with Gasteiger partial charge >= 0.3 is 12.1 Å². The summed E-state index contributed by atoms with van der Waals surface area (Å²) in [7, 11) is 1.24. The van der Waals surface area contributed by atoms with Crippen molar-refractivity contribution in [2.45, 2.75) is 12.7 Å². The summed E-state index contributed by atoms with van der Waals surface area (Å²) in [6.45, 7) is -0.335. The molecule has 1 N–H and O–H groups in total. The number of rotatable bonds is 4. The van der Waals surface area contributed by atoms with E-state index in [-0.39, 0.29) is 24.5 Å². The molecule has 8 heteroatoms. The molecule has 1 heterocycles. The summed E-state index contributed by atoms with van der Waals surface area (Å²) in [5.74, 6) is -0.473. The lowest BCUT2D eigenvalue weighted by atomic mass is 10.1. The van der Waals surface area contributed by atoms with Crippen molar-refractivity contribution in [3.63, 3.8) is 0 Å². The molecule has 0 bridgehead atoms. The van der Waals surface area contributed by atoms with Gasteiger partial charge in [0, 0.05) is 18.3 Å². The van der Waals surface area contributed by atoms with Crippen molar-refractivity contribution in [1.82, 2.24) is 9.55 Å². The van der Waals surface area contributed by atoms with Crippen molar-refractivity contribution in [3.8, 4) is 11.4 Å². The molecule has 0 saturated carbocycles. The van der Waals surface area contributed by atoms with Crippen LogP contribution in [0, 0.1) is 0 Å². The number of hydrogen-bond donors (Lipinski definition) is 1. The Morgan fingerprint density at radius 2 is 1.95 bits per heavy atom. The van der Waals surface area contributed by atoms with E-state index in [1.165, 1.54) is 35.9 Å². The molecule has 2 rings (SSSR count). The Hall–Kier alpha value is -2.35. The molecular weight excluding hydrogens is 301 g/mol. The molecule has 0 aliphatic rings. The number of nitrogens with zero attached hydrogens (tertiary/aromatic N) is 2. The van der Waals surface area contributed by atoms with Gasteiger partial charge in [0.25, 0.3) is 0 Å². The van der Waals surface area contributed by atoms with E-state index in [0.29, 0.717) is 5.56 Å². The lowest BCUT2D eigenvalue weighted by Gasteiger charge is -2.06. The van der Waals surface area contributed by atoms with E-state index in [2.05, 4.69) is 9.72 Å². The Kier molecular flexibility index (Phi) is 4.51.